The number of ether oxygens (including phenoxy) is 2. The second kappa shape index (κ2) is 70.2. The number of hydrogen-bond donors (Lipinski definition) is 10. The summed E-state index contributed by atoms with van der Waals surface area (Å²) < 4.78 is 44.5. The standard InChI is InChI=1S/C13H31N2O3P.C13H29N2O3P.C10H24N2O2.C10H22N2O2.C4H11OP.4Y/c2*1-5-12(9-16)14-7-8-15-13(6-2)10-18-11-19(3,4)17;2*1-3-9(7-13)11-5-6-12-10(4-2)8-14;1-4-6(2,3)5;;;;/h12-16H,5-11H2,1-4H3;12-13,16H,5-11H2,1-4H3;9-14H,3-8H2,1-2H3;9-10,13-14H,3-8H2,1-2H3;4H2,1-3H3;;;;/q;-2;;-2;;;;;/t2*12-,13-;2*9-,10-;;;;;/m0000...../s1. The Labute approximate surface area is 567 Å². The molecule has 0 aliphatic rings. The number of hydrogen-bond acceptors (Lipinski definition) is 15. The van der Waals surface area contributed by atoms with Gasteiger partial charge in [0.15, 0.2) is 0 Å². The molecule has 0 saturated heterocycles. The maximum absolute atomic E-state index is 11.5. The third-order valence-corrected chi connectivity index (χ3v) is 14.2. The van der Waals surface area contributed by atoms with Gasteiger partial charge in [0.2, 0.25) is 0 Å². The molecule has 19 nitrogen and oxygen atoms in total. The van der Waals surface area contributed by atoms with Crippen LogP contribution in [0.15, 0.2) is 0 Å². The Balaban J connectivity index is -0.000000107. The fourth-order valence-corrected chi connectivity index (χ4v) is 6.56. The van der Waals surface area contributed by atoms with E-state index in [2.05, 4.69) is 63.3 Å². The van der Waals surface area contributed by atoms with Gasteiger partial charge in [0.1, 0.15) is 14.3 Å². The summed E-state index contributed by atoms with van der Waals surface area (Å²) in [7, 11) is -5.82. The molecule has 0 heterocycles. The van der Waals surface area contributed by atoms with E-state index in [9.17, 15) is 13.7 Å². The van der Waals surface area contributed by atoms with E-state index in [1.165, 1.54) is 0 Å². The molecular formula is C50H117N8O11P3Y4-4. The molecule has 0 unspecified atom stereocenters. The quantitative estimate of drug-likeness (QED) is 0.0222. The molecule has 76 heavy (non-hydrogen) atoms. The summed E-state index contributed by atoms with van der Waals surface area (Å²) in [6.07, 6.45) is 8.80. The molecule has 0 aliphatic heterocycles. The predicted octanol–water partition coefficient (Wildman–Crippen LogP) is 6.79. The minimum Gasteiger partial charge on any atom is -0.659 e. The van der Waals surface area contributed by atoms with Gasteiger partial charge in [0, 0.05) is 208 Å². The summed E-state index contributed by atoms with van der Waals surface area (Å²) in [6.45, 7) is 36.8. The Morgan fingerprint density at radius 2 is 0.592 bits per heavy atom. The first-order valence-corrected chi connectivity index (χ1v) is 35.4. The van der Waals surface area contributed by atoms with Crippen LogP contribution in [0.4, 0.5) is 0 Å². The molecule has 0 amide bonds. The number of rotatable bonds is 43. The monoisotopic (exact) mass is 1450 g/mol. The Morgan fingerprint density at radius 3 is 0.789 bits per heavy atom. The first-order valence-electron chi connectivity index (χ1n) is 27.0. The van der Waals surface area contributed by atoms with Gasteiger partial charge in [-0.15, -0.1) is 24.2 Å². The summed E-state index contributed by atoms with van der Waals surface area (Å²) >= 11 is 0. The van der Waals surface area contributed by atoms with Gasteiger partial charge in [-0.05, 0) is 71.8 Å². The summed E-state index contributed by atoms with van der Waals surface area (Å²) in [5.74, 6) is 0. The Hall–Kier alpha value is 4.47. The van der Waals surface area contributed by atoms with Crippen molar-refractivity contribution in [1.82, 2.24) is 21.3 Å². The van der Waals surface area contributed by atoms with Gasteiger partial charge >= 0.3 is 0 Å². The van der Waals surface area contributed by atoms with Crippen molar-refractivity contribution in [3.8, 4) is 0 Å². The third-order valence-electron chi connectivity index (χ3n) is 11.1. The molecule has 0 aliphatic carbocycles. The first kappa shape index (κ1) is 99.5. The van der Waals surface area contributed by atoms with Gasteiger partial charge < -0.3 is 96.3 Å². The maximum Gasteiger partial charge on any atom is 0.106 e. The average Bonchev–Trinajstić information content (AvgIpc) is 3.35. The Kier molecular flexibility index (Phi) is 91.9. The van der Waals surface area contributed by atoms with Gasteiger partial charge in [-0.1, -0.05) is 88.0 Å². The molecule has 26 heteroatoms. The number of aliphatic hydroxyl groups excluding tert-OH is 6. The molecule has 0 aromatic rings. The van der Waals surface area contributed by atoms with E-state index in [1.54, 1.807) is 40.0 Å². The van der Waals surface area contributed by atoms with Crippen molar-refractivity contribution in [2.24, 2.45) is 0 Å². The minimum absolute atomic E-state index is 0. The van der Waals surface area contributed by atoms with E-state index in [0.29, 0.717) is 58.1 Å². The fourth-order valence-electron chi connectivity index (χ4n) is 5.47. The molecule has 0 aromatic carbocycles. The fraction of sp³-hybridized carbons (Fsp3) is 1.00. The molecule has 0 saturated carbocycles. The summed E-state index contributed by atoms with van der Waals surface area (Å²) in [4.78, 5) is 0. The minimum atomic E-state index is -2.10. The van der Waals surface area contributed by atoms with Crippen LogP contribution < -0.4 is 21.3 Å². The van der Waals surface area contributed by atoms with Crippen LogP contribution in [0, 0.1) is 0 Å². The van der Waals surface area contributed by atoms with Crippen molar-refractivity contribution in [1.29, 1.82) is 0 Å². The van der Waals surface area contributed by atoms with E-state index in [1.807, 2.05) is 41.5 Å². The van der Waals surface area contributed by atoms with Gasteiger partial charge in [-0.25, -0.2) is 0 Å². The van der Waals surface area contributed by atoms with Crippen LogP contribution in [0.2, 0.25) is 0 Å². The normalized spacial score (nSPS) is 14.3. The molecule has 0 rings (SSSR count). The molecule has 10 N–H and O–H groups in total. The van der Waals surface area contributed by atoms with E-state index in [0.717, 1.165) is 83.7 Å². The van der Waals surface area contributed by atoms with Crippen LogP contribution in [0.1, 0.15) is 114 Å². The second-order valence-electron chi connectivity index (χ2n) is 19.2. The third kappa shape index (κ3) is 78.5. The molecule has 8 atom stereocenters. The largest absolute Gasteiger partial charge is 0.659 e. The molecule has 0 fully saturated rings. The molecule has 0 bridgehead atoms. The van der Waals surface area contributed by atoms with Crippen molar-refractivity contribution in [2.45, 2.75) is 162 Å². The van der Waals surface area contributed by atoms with Crippen LogP contribution in [-0.2, 0) is 154 Å². The number of aliphatic hydroxyl groups is 6. The van der Waals surface area contributed by atoms with Crippen molar-refractivity contribution < 1.29 is 185 Å². The van der Waals surface area contributed by atoms with Crippen LogP contribution in [0.25, 0.3) is 21.3 Å². The van der Waals surface area contributed by atoms with Gasteiger partial charge in [-0.3, -0.25) is 0 Å². The van der Waals surface area contributed by atoms with E-state index in [-0.39, 0.29) is 213 Å². The molecule has 4 radical (unpaired) electrons. The maximum atomic E-state index is 11.5. The zero-order valence-electron chi connectivity index (χ0n) is 50.9. The predicted molar refractivity (Wildman–Crippen MR) is 311 cm³/mol. The van der Waals surface area contributed by atoms with Crippen molar-refractivity contribution in [2.75, 3.05) is 164 Å². The Morgan fingerprint density at radius 1 is 0.355 bits per heavy atom. The van der Waals surface area contributed by atoms with Crippen molar-refractivity contribution in [3.63, 3.8) is 0 Å². The molecule has 0 aromatic heterocycles. The SMILES string of the molecule is CCP(C)(C)=O.CC[C@@H](CO)NCCN[C@@H](CC)CO.CC[C@@H](CO)NCCN[C@@H](CC)COCP(C)(C)=O.CC[C@@H](CO)[N-]CC[N-][C@@H](CC)CO.CC[C@@H](CO)[N-]CC[N-][C@@H](CC)COCP(C)(C)=O.[Y].[Y].[Y].[Y]. The second-order valence-corrected chi connectivity index (χ2v) is 29.8. The van der Waals surface area contributed by atoms with Gasteiger partial charge in [0.25, 0.3) is 0 Å². The van der Waals surface area contributed by atoms with E-state index >= 15 is 0 Å². The first-order chi connectivity index (χ1) is 34.0. The average molecular weight is 1460 g/mol. The van der Waals surface area contributed by atoms with Crippen LogP contribution in [-0.4, -0.2) is 243 Å². The number of nitrogens with zero attached hydrogens (tertiary/aromatic N) is 4. The Bertz CT molecular complexity index is 1130. The van der Waals surface area contributed by atoms with Crippen LogP contribution in [0.3, 0.4) is 0 Å². The van der Waals surface area contributed by atoms with Crippen molar-refractivity contribution >= 4 is 21.4 Å². The van der Waals surface area contributed by atoms with Gasteiger partial charge in [-0.2, -0.15) is 26.2 Å². The van der Waals surface area contributed by atoms with Gasteiger partial charge in [0.05, 0.1) is 46.3 Å². The summed E-state index contributed by atoms with van der Waals surface area (Å²) in [6, 6.07) is 1.18. The molecular weight excluding hydrogens is 1340 g/mol. The summed E-state index contributed by atoms with van der Waals surface area (Å²) in [5, 5.41) is 84.1. The summed E-state index contributed by atoms with van der Waals surface area (Å²) in [5.41, 5.74) is 0. The van der Waals surface area contributed by atoms with Crippen molar-refractivity contribution in [3.05, 3.63) is 21.3 Å². The zero-order valence-corrected chi connectivity index (χ0v) is 64.9. The zero-order chi connectivity index (χ0) is 56.3. The van der Waals surface area contributed by atoms with Crippen LogP contribution in [0.5, 0.6) is 0 Å². The molecule has 0 spiro atoms. The number of nitrogens with one attached hydrogen (secondary N) is 4. The molecule has 454 valence electrons. The van der Waals surface area contributed by atoms with Crippen LogP contribution >= 0.6 is 21.4 Å². The van der Waals surface area contributed by atoms with E-state index in [4.69, 9.17) is 40.1 Å². The van der Waals surface area contributed by atoms with E-state index < -0.39 is 21.4 Å². The smallest absolute Gasteiger partial charge is 0.106 e. The topological polar surface area (TPSA) is 296 Å².